The van der Waals surface area contributed by atoms with Crippen LogP contribution in [0.5, 0.6) is 0 Å². The van der Waals surface area contributed by atoms with E-state index < -0.39 is 68.4 Å². The number of rotatable bonds is 2. The van der Waals surface area contributed by atoms with Crippen LogP contribution in [-0.4, -0.2) is 93.0 Å². The van der Waals surface area contributed by atoms with Crippen LogP contribution in [0.1, 0.15) is 18.7 Å². The first-order valence-corrected chi connectivity index (χ1v) is 19.0. The normalized spacial score (nSPS) is 41.7. The van der Waals surface area contributed by atoms with Crippen LogP contribution in [0.25, 0.3) is 22.3 Å². The Kier molecular flexibility index (Phi) is 6.85. The topological polar surface area (TPSA) is 260 Å². The molecule has 19 nitrogen and oxygen atoms in total. The number of imidazole rings is 2. The first kappa shape index (κ1) is 29.9. The lowest BCUT2D eigenvalue weighted by Gasteiger charge is -2.31. The Hall–Kier alpha value is -2.42. The third-order valence-corrected chi connectivity index (χ3v) is 12.1. The van der Waals surface area contributed by atoms with E-state index in [1.165, 1.54) is 29.9 Å². The van der Waals surface area contributed by atoms with Gasteiger partial charge in [-0.05, 0) is 12.3 Å². The summed E-state index contributed by atoms with van der Waals surface area (Å²) >= 11 is 8.39. The zero-order valence-corrected chi connectivity index (χ0v) is 26.4. The van der Waals surface area contributed by atoms with Crippen molar-refractivity contribution in [3.63, 3.8) is 0 Å². The Morgan fingerprint density at radius 1 is 0.867 bits per heavy atom. The van der Waals surface area contributed by atoms with Gasteiger partial charge in [0.2, 0.25) is 0 Å². The third kappa shape index (κ3) is 4.71. The standard InChI is InChI=1S/C22H26N10O9P2S2/c23-17-10-19(27-4-25-17)31(6-29-10)12-8-1-22(8)3-38-43(36,45)40-15-13(33)9(2-37-42(35,44)41-16(22)14(12)34)39-21(15)32-7-30-11-18(24)26-5-28-20(11)32/h4-9,12-16,21,33-34H,1-3H2,(H,35,44)(H,36,45)(H2,23,25,27)(H2,24,26,28)/t8-,9-,12?,13-,14+,15-,16+,21-,22+,42-,43+/m1/s1. The fraction of sp³-hybridized carbons (Fsp3) is 0.545. The van der Waals surface area contributed by atoms with Crippen molar-refractivity contribution in [1.82, 2.24) is 39.0 Å². The highest BCUT2D eigenvalue weighted by molar-refractivity contribution is 8.44. The molecule has 23 heteroatoms. The second-order valence-electron chi connectivity index (χ2n) is 11.3. The first-order chi connectivity index (χ1) is 21.4. The maximum atomic E-state index is 13.7. The maximum absolute atomic E-state index is 13.7. The minimum atomic E-state index is -4.25. The Morgan fingerprint density at radius 3 is 2.18 bits per heavy atom. The van der Waals surface area contributed by atoms with Gasteiger partial charge in [-0.2, -0.15) is 0 Å². The zero-order chi connectivity index (χ0) is 31.5. The highest BCUT2D eigenvalue weighted by Crippen LogP contribution is 2.73. The lowest BCUT2D eigenvalue weighted by molar-refractivity contribution is -0.0554. The Balaban J connectivity index is 1.14. The third-order valence-electron chi connectivity index (χ3n) is 8.90. The van der Waals surface area contributed by atoms with Gasteiger partial charge in [-0.3, -0.25) is 18.1 Å². The van der Waals surface area contributed by atoms with E-state index in [9.17, 15) is 19.3 Å². The highest BCUT2D eigenvalue weighted by Gasteiger charge is 2.74. The molecule has 4 aliphatic rings. The van der Waals surface area contributed by atoms with Crippen molar-refractivity contribution in [2.45, 2.75) is 49.2 Å². The molecular formula is C22H26N10O9P2S2. The predicted molar refractivity (Wildman–Crippen MR) is 160 cm³/mol. The summed E-state index contributed by atoms with van der Waals surface area (Å²) in [7, 11) is 0. The summed E-state index contributed by atoms with van der Waals surface area (Å²) in [5.41, 5.74) is 12.1. The number of ether oxygens (including phenoxy) is 1. The molecule has 8 rings (SSSR count). The zero-order valence-electron chi connectivity index (χ0n) is 22.8. The molecule has 4 fully saturated rings. The molecule has 240 valence electrons. The molecule has 6 N–H and O–H groups in total. The number of anilines is 2. The van der Waals surface area contributed by atoms with Gasteiger partial charge in [-0.1, -0.05) is 24.5 Å². The van der Waals surface area contributed by atoms with Crippen molar-refractivity contribution in [3.8, 4) is 0 Å². The second-order valence-corrected chi connectivity index (χ2v) is 17.1. The van der Waals surface area contributed by atoms with Gasteiger partial charge < -0.3 is 35.5 Å². The average Bonchev–Trinajstić information content (AvgIpc) is 3.28. The molecule has 0 amide bonds. The average molecular weight is 701 g/mol. The summed E-state index contributed by atoms with van der Waals surface area (Å²) in [6, 6.07) is -0.672. The quantitative estimate of drug-likeness (QED) is 0.125. The van der Waals surface area contributed by atoms with Crippen LogP contribution < -0.4 is 11.5 Å². The Labute approximate surface area is 263 Å². The van der Waals surface area contributed by atoms with Crippen molar-refractivity contribution in [2.75, 3.05) is 24.7 Å². The van der Waals surface area contributed by atoms with Crippen molar-refractivity contribution < 1.29 is 42.2 Å². The van der Waals surface area contributed by atoms with Gasteiger partial charge >= 0.3 is 13.6 Å². The number of aliphatic hydroxyl groups is 2. The summed E-state index contributed by atoms with van der Waals surface area (Å²) in [5, 5.41) is 22.8. The van der Waals surface area contributed by atoms with Gasteiger partial charge in [0.1, 0.15) is 54.2 Å². The van der Waals surface area contributed by atoms with E-state index in [4.69, 9.17) is 34.3 Å². The Bertz CT molecular complexity index is 1930. The molecule has 45 heavy (non-hydrogen) atoms. The molecule has 2 saturated carbocycles. The first-order valence-electron chi connectivity index (χ1n) is 13.6. The van der Waals surface area contributed by atoms with Gasteiger partial charge in [0.15, 0.2) is 29.2 Å². The summed E-state index contributed by atoms with van der Waals surface area (Å²) < 4.78 is 59.6. The van der Waals surface area contributed by atoms with Gasteiger partial charge in [0.05, 0.1) is 31.9 Å². The molecule has 2 saturated heterocycles. The molecule has 4 aromatic rings. The number of nitrogens with two attached hydrogens (primary N) is 2. The van der Waals surface area contributed by atoms with Gasteiger partial charge in [0.25, 0.3) is 0 Å². The minimum absolute atomic E-state index is 0.109. The Morgan fingerprint density at radius 2 is 1.49 bits per heavy atom. The lowest BCUT2D eigenvalue weighted by Crippen LogP contribution is -2.37. The molecule has 11 atom stereocenters. The second kappa shape index (κ2) is 10.3. The number of thiol groups is 2. The van der Waals surface area contributed by atoms with E-state index in [0.717, 1.165) is 0 Å². The molecule has 2 bridgehead atoms. The highest BCUT2D eigenvalue weighted by atomic mass is 32.7. The van der Waals surface area contributed by atoms with Crippen LogP contribution in [0.15, 0.2) is 25.3 Å². The van der Waals surface area contributed by atoms with Crippen LogP contribution in [-0.2, 0) is 32.0 Å². The molecule has 4 aromatic heterocycles. The number of nitrogen functional groups attached to an aromatic ring is 2. The fourth-order valence-electron chi connectivity index (χ4n) is 6.73. The molecule has 2 aliphatic carbocycles. The predicted octanol–water partition coefficient (Wildman–Crippen LogP) is 0.904. The lowest BCUT2D eigenvalue weighted by atomic mass is 10.0. The maximum Gasteiger partial charge on any atom is 0.386 e. The van der Waals surface area contributed by atoms with Gasteiger partial charge in [-0.15, -0.1) is 0 Å². The van der Waals surface area contributed by atoms with E-state index in [-0.39, 0.29) is 35.3 Å². The van der Waals surface area contributed by atoms with Crippen LogP contribution in [0, 0.1) is 11.3 Å². The summed E-state index contributed by atoms with van der Waals surface area (Å²) in [6.45, 7) is -9.24. The summed E-state index contributed by atoms with van der Waals surface area (Å²) in [6.07, 6.45) is -1.85. The van der Waals surface area contributed by atoms with Crippen molar-refractivity contribution in [1.29, 1.82) is 0 Å². The van der Waals surface area contributed by atoms with Crippen LogP contribution in [0.3, 0.4) is 0 Å². The fourth-order valence-corrected chi connectivity index (χ4v) is 9.76. The molecule has 0 radical (unpaired) electrons. The van der Waals surface area contributed by atoms with Crippen LogP contribution in [0.4, 0.5) is 11.6 Å². The SMILES string of the molecule is Nc1ncnc2c1ncn2C1[C@H]2C[C@]23CO[P@](=O)(S)O[C@@H]2[C@H](O)[C@@H](CO[P@@](=O)(S)O[C@H]3[C@H]1O)O[C@H]2n1cnc2c(N)ncnc21. The van der Waals surface area contributed by atoms with E-state index in [2.05, 4.69) is 54.4 Å². The molecule has 1 spiro atoms. The summed E-state index contributed by atoms with van der Waals surface area (Å²) in [5.74, 6) is -0.0617. The smallest absolute Gasteiger partial charge is 0.386 e. The molecule has 0 aromatic carbocycles. The number of aliphatic hydroxyl groups excluding tert-OH is 2. The van der Waals surface area contributed by atoms with Gasteiger partial charge in [0, 0.05) is 5.41 Å². The van der Waals surface area contributed by atoms with E-state index in [1.54, 1.807) is 4.57 Å². The number of hydrogen-bond donors (Lipinski definition) is 6. The number of hydrogen-bond acceptors (Lipinski definition) is 17. The number of aromatic nitrogens is 8. The van der Waals surface area contributed by atoms with E-state index in [1.807, 2.05) is 0 Å². The van der Waals surface area contributed by atoms with Crippen molar-refractivity contribution in [3.05, 3.63) is 25.3 Å². The van der Waals surface area contributed by atoms with Crippen LogP contribution in [0.2, 0.25) is 0 Å². The van der Waals surface area contributed by atoms with Crippen molar-refractivity contribution >= 4 is 72.1 Å². The van der Waals surface area contributed by atoms with Crippen molar-refractivity contribution in [2.24, 2.45) is 11.3 Å². The molecule has 2 aliphatic heterocycles. The number of fused-ring (bicyclic) bond motifs is 4. The van der Waals surface area contributed by atoms with E-state index in [0.29, 0.717) is 17.6 Å². The summed E-state index contributed by atoms with van der Waals surface area (Å²) in [4.78, 5) is 24.9. The molecular weight excluding hydrogens is 674 g/mol. The largest absolute Gasteiger partial charge is 0.388 e. The molecule has 1 unspecified atom stereocenters. The van der Waals surface area contributed by atoms with Gasteiger partial charge in [-0.25, -0.2) is 39.0 Å². The monoisotopic (exact) mass is 700 g/mol. The van der Waals surface area contributed by atoms with Crippen LogP contribution >= 0.6 is 38.1 Å². The van der Waals surface area contributed by atoms with E-state index >= 15 is 0 Å². The minimum Gasteiger partial charge on any atom is -0.388 e. The number of nitrogens with zero attached hydrogens (tertiary/aromatic N) is 8. The molecule has 6 heterocycles.